The van der Waals surface area contributed by atoms with Crippen molar-refractivity contribution in [3.8, 4) is 0 Å². The maximum absolute atomic E-state index is 10.5. The minimum atomic E-state index is -0.557. The number of halogens is 1. The van der Waals surface area contributed by atoms with E-state index in [9.17, 15) is 4.79 Å². The van der Waals surface area contributed by atoms with Crippen LogP contribution in [0.15, 0.2) is 0 Å². The van der Waals surface area contributed by atoms with Crippen molar-refractivity contribution >= 4 is 28.7 Å². The predicted octanol–water partition coefficient (Wildman–Crippen LogP) is 1.98. The summed E-state index contributed by atoms with van der Waals surface area (Å²) in [6, 6.07) is 0. The predicted molar refractivity (Wildman–Crippen MR) is 46.5 cm³/mol. The summed E-state index contributed by atoms with van der Waals surface area (Å²) in [7, 11) is 0. The quantitative estimate of drug-likeness (QED) is 0.439. The first-order valence-corrected chi connectivity index (χ1v) is 4.69. The third-order valence-electron chi connectivity index (χ3n) is 0.721. The Labute approximate surface area is 74.2 Å². The summed E-state index contributed by atoms with van der Waals surface area (Å²) >= 11 is 2.13. The molecule has 0 saturated heterocycles. The second-order valence-electron chi connectivity index (χ2n) is 1.64. The zero-order valence-corrected chi connectivity index (χ0v) is 8.09. The molecular weight excluding hydrogens is 247 g/mol. The van der Waals surface area contributed by atoms with Crippen molar-refractivity contribution in [1.82, 2.24) is 0 Å². The summed E-state index contributed by atoms with van der Waals surface area (Å²) < 4.78 is 10.1. The molecule has 0 aliphatic rings. The molecule has 0 aromatic heterocycles. The van der Waals surface area contributed by atoms with Crippen LogP contribution in [0.2, 0.25) is 0 Å². The number of hydrogen-bond acceptors (Lipinski definition) is 3. The second kappa shape index (κ2) is 7.11. The highest BCUT2D eigenvalue weighted by molar-refractivity contribution is 14.1. The number of ether oxygens (including phenoxy) is 2. The van der Waals surface area contributed by atoms with E-state index in [1.807, 2.05) is 6.92 Å². The van der Waals surface area contributed by atoms with Crippen LogP contribution < -0.4 is 0 Å². The summed E-state index contributed by atoms with van der Waals surface area (Å²) in [5, 5.41) is 0. The molecule has 0 heterocycles. The fraction of sp³-hybridized carbons (Fsp3) is 0.833. The van der Waals surface area contributed by atoms with E-state index in [1.54, 1.807) is 0 Å². The van der Waals surface area contributed by atoms with Gasteiger partial charge in [-0.3, -0.25) is 0 Å². The normalized spacial score (nSPS) is 9.00. The van der Waals surface area contributed by atoms with Crippen molar-refractivity contribution in [3.05, 3.63) is 0 Å². The first kappa shape index (κ1) is 10.0. The Balaban J connectivity index is 3.09. The SMILES string of the molecule is CCCOC(=O)OCCI. The van der Waals surface area contributed by atoms with E-state index in [4.69, 9.17) is 0 Å². The summed E-state index contributed by atoms with van der Waals surface area (Å²) in [5.74, 6) is 0. The van der Waals surface area contributed by atoms with E-state index in [1.165, 1.54) is 0 Å². The van der Waals surface area contributed by atoms with Gasteiger partial charge in [-0.1, -0.05) is 29.5 Å². The van der Waals surface area contributed by atoms with E-state index in [0.717, 1.165) is 10.8 Å². The van der Waals surface area contributed by atoms with Gasteiger partial charge in [0.05, 0.1) is 6.61 Å². The molecule has 0 aromatic rings. The number of carbonyl (C=O) groups excluding carboxylic acids is 1. The van der Waals surface area contributed by atoms with Gasteiger partial charge in [-0.2, -0.15) is 0 Å². The zero-order valence-electron chi connectivity index (χ0n) is 5.93. The molecule has 0 atom stereocenters. The number of alkyl halides is 1. The fourth-order valence-corrected chi connectivity index (χ4v) is 0.569. The number of carbonyl (C=O) groups is 1. The molecule has 0 rings (SSSR count). The molecule has 0 unspecified atom stereocenters. The lowest BCUT2D eigenvalue weighted by atomic mass is 10.5. The van der Waals surface area contributed by atoms with Crippen LogP contribution in [0.5, 0.6) is 0 Å². The summed E-state index contributed by atoms with van der Waals surface area (Å²) in [6.07, 6.45) is 0.276. The van der Waals surface area contributed by atoms with Crippen LogP contribution in [-0.2, 0) is 9.47 Å². The second-order valence-corrected chi connectivity index (χ2v) is 2.71. The maximum Gasteiger partial charge on any atom is 0.508 e. The van der Waals surface area contributed by atoms with Crippen molar-refractivity contribution in [2.75, 3.05) is 17.6 Å². The number of hydrogen-bond donors (Lipinski definition) is 0. The van der Waals surface area contributed by atoms with Crippen LogP contribution in [0.3, 0.4) is 0 Å². The molecule has 0 radical (unpaired) electrons. The number of rotatable bonds is 4. The van der Waals surface area contributed by atoms with Crippen molar-refractivity contribution in [3.63, 3.8) is 0 Å². The highest BCUT2D eigenvalue weighted by Gasteiger charge is 1.99. The molecule has 0 amide bonds. The maximum atomic E-state index is 10.5. The lowest BCUT2D eigenvalue weighted by molar-refractivity contribution is 0.0603. The Morgan fingerprint density at radius 1 is 1.40 bits per heavy atom. The van der Waals surface area contributed by atoms with Crippen molar-refractivity contribution in [2.24, 2.45) is 0 Å². The summed E-state index contributed by atoms with van der Waals surface area (Å²) in [4.78, 5) is 10.5. The molecule has 0 aromatic carbocycles. The van der Waals surface area contributed by atoms with Gasteiger partial charge in [0.1, 0.15) is 6.61 Å². The Bertz CT molecular complexity index is 85.0. The molecule has 4 heteroatoms. The van der Waals surface area contributed by atoms with E-state index < -0.39 is 6.16 Å². The smallest absolute Gasteiger partial charge is 0.434 e. The zero-order chi connectivity index (χ0) is 7.82. The van der Waals surface area contributed by atoms with Crippen LogP contribution in [0.1, 0.15) is 13.3 Å². The van der Waals surface area contributed by atoms with Crippen molar-refractivity contribution in [2.45, 2.75) is 13.3 Å². The third-order valence-corrected chi connectivity index (χ3v) is 1.16. The van der Waals surface area contributed by atoms with Gasteiger partial charge in [-0.15, -0.1) is 0 Å². The molecule has 3 nitrogen and oxygen atoms in total. The van der Waals surface area contributed by atoms with E-state index in [2.05, 4.69) is 32.1 Å². The van der Waals surface area contributed by atoms with Crippen molar-refractivity contribution < 1.29 is 14.3 Å². The Morgan fingerprint density at radius 3 is 2.50 bits per heavy atom. The average Bonchev–Trinajstić information content (AvgIpc) is 1.97. The van der Waals surface area contributed by atoms with E-state index in [0.29, 0.717) is 13.2 Å². The first-order chi connectivity index (χ1) is 4.81. The summed E-state index contributed by atoms with van der Waals surface area (Å²) in [5.41, 5.74) is 0. The molecule has 0 aliphatic heterocycles. The van der Waals surface area contributed by atoms with Gasteiger partial charge in [-0.25, -0.2) is 4.79 Å². The van der Waals surface area contributed by atoms with Crippen molar-refractivity contribution in [1.29, 1.82) is 0 Å². The lowest BCUT2D eigenvalue weighted by Crippen LogP contribution is -2.09. The van der Waals surface area contributed by atoms with Gasteiger partial charge in [0.25, 0.3) is 0 Å². The first-order valence-electron chi connectivity index (χ1n) is 3.16. The van der Waals surface area contributed by atoms with E-state index in [-0.39, 0.29) is 0 Å². The Hall–Kier alpha value is 0. The topological polar surface area (TPSA) is 35.5 Å². The lowest BCUT2D eigenvalue weighted by Gasteiger charge is -2.01. The minimum absolute atomic E-state index is 0.434. The van der Waals surface area contributed by atoms with Gasteiger partial charge >= 0.3 is 6.16 Å². The van der Waals surface area contributed by atoms with Gasteiger partial charge < -0.3 is 9.47 Å². The molecule has 0 fully saturated rings. The Morgan fingerprint density at radius 2 is 2.00 bits per heavy atom. The summed E-state index contributed by atoms with van der Waals surface area (Å²) in [6.45, 7) is 2.81. The van der Waals surface area contributed by atoms with Crippen LogP contribution in [0.4, 0.5) is 4.79 Å². The molecule has 0 aliphatic carbocycles. The monoisotopic (exact) mass is 258 g/mol. The molecule has 10 heavy (non-hydrogen) atoms. The average molecular weight is 258 g/mol. The molecular formula is C6H11IO3. The molecule has 0 bridgehead atoms. The molecule has 60 valence electrons. The van der Waals surface area contributed by atoms with Crippen LogP contribution in [0, 0.1) is 0 Å². The van der Waals surface area contributed by atoms with Gasteiger partial charge in [0, 0.05) is 4.43 Å². The van der Waals surface area contributed by atoms with Crippen LogP contribution in [-0.4, -0.2) is 23.8 Å². The highest BCUT2D eigenvalue weighted by atomic mass is 127. The minimum Gasteiger partial charge on any atom is -0.434 e. The molecule has 0 N–H and O–H groups in total. The van der Waals surface area contributed by atoms with E-state index >= 15 is 0 Å². The third kappa shape index (κ3) is 6.12. The fourth-order valence-electron chi connectivity index (χ4n) is 0.349. The van der Waals surface area contributed by atoms with Crippen LogP contribution in [0.25, 0.3) is 0 Å². The van der Waals surface area contributed by atoms with Gasteiger partial charge in [0.2, 0.25) is 0 Å². The van der Waals surface area contributed by atoms with Gasteiger partial charge in [0.15, 0.2) is 0 Å². The van der Waals surface area contributed by atoms with Gasteiger partial charge in [-0.05, 0) is 6.42 Å². The van der Waals surface area contributed by atoms with Crippen LogP contribution >= 0.6 is 22.6 Å². The highest BCUT2D eigenvalue weighted by Crippen LogP contribution is 1.89. The molecule has 0 saturated carbocycles. The standard InChI is InChI=1S/C6H11IO3/c1-2-4-9-6(8)10-5-3-7/h2-5H2,1H3. The largest absolute Gasteiger partial charge is 0.508 e. The molecule has 0 spiro atoms. The Kier molecular flexibility index (Phi) is 7.11.